The number of benzene rings is 2. The maximum absolute atomic E-state index is 2.36. The number of aryl methyl sites for hydroxylation is 1. The minimum atomic E-state index is 0.582. The third-order valence-corrected chi connectivity index (χ3v) is 4.33. The Morgan fingerprint density at radius 2 is 1.75 bits per heavy atom. The molecule has 0 saturated heterocycles. The molecule has 0 spiro atoms. The maximum Gasteiger partial charge on any atom is -0.00136 e. The first kappa shape index (κ1) is 13.2. The highest BCUT2D eigenvalue weighted by Gasteiger charge is 2.17. The van der Waals surface area contributed by atoms with E-state index in [1.165, 1.54) is 39.0 Å². The molecule has 0 saturated carbocycles. The Bertz CT molecular complexity index is 687. The predicted octanol–water partition coefficient (Wildman–Crippen LogP) is 5.52. The van der Waals surface area contributed by atoms with Gasteiger partial charge < -0.3 is 0 Å². The molecule has 1 aliphatic rings. The molecule has 20 heavy (non-hydrogen) atoms. The van der Waals surface area contributed by atoms with E-state index < -0.39 is 0 Å². The summed E-state index contributed by atoms with van der Waals surface area (Å²) in [5, 5.41) is 0. The summed E-state index contributed by atoms with van der Waals surface area (Å²) >= 11 is 0. The summed E-state index contributed by atoms with van der Waals surface area (Å²) in [5.74, 6) is 0.582. The summed E-state index contributed by atoms with van der Waals surface area (Å²) in [6.45, 7) is 9.04. The normalized spacial score (nSPS) is 13.6. The predicted molar refractivity (Wildman–Crippen MR) is 88.0 cm³/mol. The molecule has 0 radical (unpaired) electrons. The van der Waals surface area contributed by atoms with E-state index in [-0.39, 0.29) is 0 Å². The highest BCUT2D eigenvalue weighted by atomic mass is 14.2. The first-order valence-corrected chi connectivity index (χ1v) is 7.46. The summed E-state index contributed by atoms with van der Waals surface area (Å²) < 4.78 is 0. The van der Waals surface area contributed by atoms with E-state index in [9.17, 15) is 0 Å². The Hall–Kier alpha value is -1.82. The highest BCUT2D eigenvalue weighted by molar-refractivity contribution is 5.89. The van der Waals surface area contributed by atoms with Gasteiger partial charge in [0.2, 0.25) is 0 Å². The van der Waals surface area contributed by atoms with Crippen LogP contribution in [0.4, 0.5) is 0 Å². The van der Waals surface area contributed by atoms with Crippen molar-refractivity contribution in [1.29, 1.82) is 0 Å². The highest BCUT2D eigenvalue weighted by Crippen LogP contribution is 2.35. The second-order valence-corrected chi connectivity index (χ2v) is 6.23. The number of rotatable bonds is 2. The van der Waals surface area contributed by atoms with Crippen LogP contribution in [0.2, 0.25) is 0 Å². The molecular formula is C20H22. The smallest absolute Gasteiger partial charge is 0.00136 e. The summed E-state index contributed by atoms with van der Waals surface area (Å²) in [7, 11) is 0. The lowest BCUT2D eigenvalue weighted by Gasteiger charge is -2.16. The Labute approximate surface area is 122 Å². The van der Waals surface area contributed by atoms with Gasteiger partial charge in [-0.2, -0.15) is 0 Å². The topological polar surface area (TPSA) is 0 Å². The van der Waals surface area contributed by atoms with Crippen LogP contribution < -0.4 is 0 Å². The van der Waals surface area contributed by atoms with E-state index in [0.29, 0.717) is 5.92 Å². The van der Waals surface area contributed by atoms with Crippen LogP contribution in [0.3, 0.4) is 0 Å². The summed E-state index contributed by atoms with van der Waals surface area (Å²) in [5.41, 5.74) is 10.0. The molecule has 0 fully saturated rings. The van der Waals surface area contributed by atoms with Gasteiger partial charge in [-0.15, -0.1) is 0 Å². The van der Waals surface area contributed by atoms with Crippen LogP contribution in [0.25, 0.3) is 11.6 Å². The van der Waals surface area contributed by atoms with E-state index in [0.717, 1.165) is 6.42 Å². The molecule has 102 valence electrons. The molecule has 3 rings (SSSR count). The molecule has 2 aromatic carbocycles. The van der Waals surface area contributed by atoms with Crippen molar-refractivity contribution in [3.63, 3.8) is 0 Å². The van der Waals surface area contributed by atoms with Gasteiger partial charge in [-0.25, -0.2) is 0 Å². The molecular weight excluding hydrogens is 240 g/mol. The third kappa shape index (κ3) is 2.20. The van der Waals surface area contributed by atoms with Gasteiger partial charge in [0.15, 0.2) is 0 Å². The van der Waals surface area contributed by atoms with E-state index in [2.05, 4.69) is 70.2 Å². The quantitative estimate of drug-likeness (QED) is 0.668. The first-order chi connectivity index (χ1) is 9.56. The van der Waals surface area contributed by atoms with Crippen molar-refractivity contribution in [3.05, 3.63) is 69.8 Å². The van der Waals surface area contributed by atoms with Crippen LogP contribution in [0.5, 0.6) is 0 Å². The Kier molecular flexibility index (Phi) is 3.25. The van der Waals surface area contributed by atoms with E-state index in [1.54, 1.807) is 0 Å². The summed E-state index contributed by atoms with van der Waals surface area (Å²) in [6, 6.07) is 13.4. The minimum Gasteiger partial charge on any atom is -0.0619 e. The Morgan fingerprint density at radius 3 is 2.45 bits per heavy atom. The molecule has 0 unspecified atom stereocenters. The molecule has 2 aromatic rings. The summed E-state index contributed by atoms with van der Waals surface area (Å²) in [6.07, 6.45) is 3.43. The number of fused-ring (bicyclic) bond motifs is 1. The van der Waals surface area contributed by atoms with Crippen molar-refractivity contribution in [1.82, 2.24) is 0 Å². The average molecular weight is 262 g/mol. The van der Waals surface area contributed by atoms with Crippen molar-refractivity contribution < 1.29 is 0 Å². The lowest BCUT2D eigenvalue weighted by atomic mass is 9.88. The van der Waals surface area contributed by atoms with Crippen LogP contribution in [-0.4, -0.2) is 0 Å². The molecule has 0 heterocycles. The fourth-order valence-corrected chi connectivity index (χ4v) is 3.27. The molecule has 0 amide bonds. The third-order valence-electron chi connectivity index (χ3n) is 4.33. The Balaban J connectivity index is 2.09. The lowest BCUT2D eigenvalue weighted by molar-refractivity contribution is 0.853. The zero-order valence-electron chi connectivity index (χ0n) is 12.8. The van der Waals surface area contributed by atoms with Crippen molar-refractivity contribution in [2.75, 3.05) is 0 Å². The van der Waals surface area contributed by atoms with Crippen LogP contribution in [0, 0.1) is 13.8 Å². The molecule has 0 aromatic heterocycles. The molecule has 0 bridgehead atoms. The van der Waals surface area contributed by atoms with Crippen LogP contribution in [0.1, 0.15) is 53.1 Å². The standard InChI is InChI=1S/C20H22/c1-13(2)19-9-14(3)10-20(15(19)4)18-11-16-7-5-6-8-17(16)12-18/h5-11,13H,12H2,1-4H3. The molecule has 0 atom stereocenters. The molecule has 0 aliphatic heterocycles. The van der Waals surface area contributed by atoms with Crippen LogP contribution >= 0.6 is 0 Å². The van der Waals surface area contributed by atoms with Gasteiger partial charge in [-0.05, 0) is 59.6 Å². The number of hydrogen-bond donors (Lipinski definition) is 0. The van der Waals surface area contributed by atoms with E-state index in [4.69, 9.17) is 0 Å². The zero-order chi connectivity index (χ0) is 14.3. The molecule has 1 aliphatic carbocycles. The lowest BCUT2D eigenvalue weighted by Crippen LogP contribution is -1.99. The van der Waals surface area contributed by atoms with Crippen LogP contribution in [-0.2, 0) is 6.42 Å². The monoisotopic (exact) mass is 262 g/mol. The fourth-order valence-electron chi connectivity index (χ4n) is 3.27. The van der Waals surface area contributed by atoms with Gasteiger partial charge in [0.1, 0.15) is 0 Å². The molecule has 0 heteroatoms. The Morgan fingerprint density at radius 1 is 1.00 bits per heavy atom. The second-order valence-electron chi connectivity index (χ2n) is 6.23. The van der Waals surface area contributed by atoms with Gasteiger partial charge >= 0.3 is 0 Å². The van der Waals surface area contributed by atoms with Crippen molar-refractivity contribution in [2.24, 2.45) is 0 Å². The average Bonchev–Trinajstić information content (AvgIpc) is 2.84. The molecule has 0 nitrogen and oxygen atoms in total. The van der Waals surface area contributed by atoms with Crippen LogP contribution in [0.15, 0.2) is 36.4 Å². The van der Waals surface area contributed by atoms with Gasteiger partial charge in [-0.1, -0.05) is 61.9 Å². The van der Waals surface area contributed by atoms with Gasteiger partial charge in [0, 0.05) is 0 Å². The largest absolute Gasteiger partial charge is 0.0619 e. The summed E-state index contributed by atoms with van der Waals surface area (Å²) in [4.78, 5) is 0. The second kappa shape index (κ2) is 4.94. The van der Waals surface area contributed by atoms with Crippen molar-refractivity contribution in [2.45, 2.75) is 40.0 Å². The van der Waals surface area contributed by atoms with Crippen molar-refractivity contribution in [3.8, 4) is 0 Å². The van der Waals surface area contributed by atoms with E-state index in [1.807, 2.05) is 0 Å². The number of allylic oxidation sites excluding steroid dienone is 1. The SMILES string of the molecule is Cc1cc(C2=Cc3ccccc3C2)c(C)c(C(C)C)c1. The minimum absolute atomic E-state index is 0.582. The van der Waals surface area contributed by atoms with E-state index >= 15 is 0 Å². The number of hydrogen-bond acceptors (Lipinski definition) is 0. The van der Waals surface area contributed by atoms with Gasteiger partial charge in [-0.3, -0.25) is 0 Å². The van der Waals surface area contributed by atoms with Crippen molar-refractivity contribution >= 4 is 11.6 Å². The zero-order valence-corrected chi connectivity index (χ0v) is 12.8. The fraction of sp³-hybridized carbons (Fsp3) is 0.300. The van der Waals surface area contributed by atoms with Gasteiger partial charge in [0.25, 0.3) is 0 Å². The maximum atomic E-state index is 2.36. The van der Waals surface area contributed by atoms with Gasteiger partial charge in [0.05, 0.1) is 0 Å². The molecule has 0 N–H and O–H groups in total. The first-order valence-electron chi connectivity index (χ1n) is 7.46.